The zero-order valence-electron chi connectivity index (χ0n) is 15.0. The molecule has 3 aromatic rings. The summed E-state index contributed by atoms with van der Waals surface area (Å²) in [4.78, 5) is 7.76. The van der Waals surface area contributed by atoms with E-state index in [1.807, 2.05) is 27.7 Å². The predicted octanol–water partition coefficient (Wildman–Crippen LogP) is 6.82. The van der Waals surface area contributed by atoms with Gasteiger partial charge in [-0.3, -0.25) is 0 Å². The normalized spacial score (nSPS) is 10.7. The van der Waals surface area contributed by atoms with Crippen molar-refractivity contribution >= 4 is 23.2 Å². The highest BCUT2D eigenvalue weighted by Gasteiger charge is 2.22. The molecule has 26 heavy (non-hydrogen) atoms. The third-order valence-corrected chi connectivity index (χ3v) is 4.55. The van der Waals surface area contributed by atoms with Gasteiger partial charge in [0.25, 0.3) is 0 Å². The van der Waals surface area contributed by atoms with Crippen molar-refractivity contribution in [3.63, 3.8) is 0 Å². The van der Waals surface area contributed by atoms with Gasteiger partial charge in [0, 0.05) is 5.69 Å². The molecule has 0 bridgehead atoms. The number of benzene rings is 2. The molecule has 1 N–H and O–H groups in total. The van der Waals surface area contributed by atoms with Crippen molar-refractivity contribution in [3.8, 4) is 0 Å². The fourth-order valence-corrected chi connectivity index (χ4v) is 2.98. The Morgan fingerprint density at radius 1 is 0.885 bits per heavy atom. The molecule has 0 atom stereocenters. The summed E-state index contributed by atoms with van der Waals surface area (Å²) in [6, 6.07) is 8.97. The second-order valence-electron chi connectivity index (χ2n) is 5.61. The Morgan fingerprint density at radius 2 is 1.35 bits per heavy atom. The summed E-state index contributed by atoms with van der Waals surface area (Å²) >= 11 is 11.9. The van der Waals surface area contributed by atoms with Gasteiger partial charge < -0.3 is 4.98 Å². The van der Waals surface area contributed by atoms with Gasteiger partial charge in [0.05, 0.1) is 21.7 Å². The van der Waals surface area contributed by atoms with Crippen LogP contribution in [0, 0.1) is 25.5 Å². The molecule has 3 rings (SSSR count). The Hall–Kier alpha value is -1.91. The van der Waals surface area contributed by atoms with E-state index in [1.165, 1.54) is 12.1 Å². The molecule has 0 unspecified atom stereocenters. The number of nitrogens with zero attached hydrogens (tertiary/aromatic N) is 1. The molecule has 138 valence electrons. The zero-order valence-corrected chi connectivity index (χ0v) is 16.5. The molecule has 0 spiro atoms. The average molecular weight is 397 g/mol. The van der Waals surface area contributed by atoms with Gasteiger partial charge in [0.1, 0.15) is 17.5 Å². The number of aryl methyl sites for hydroxylation is 2. The monoisotopic (exact) mass is 396 g/mol. The molecule has 0 saturated carbocycles. The molecule has 2 nitrogen and oxygen atoms in total. The highest BCUT2D eigenvalue weighted by atomic mass is 35.5. The molecule has 0 radical (unpaired) electrons. The molecular formula is C20H20Cl2F2N2. The number of aromatic amines is 1. The maximum absolute atomic E-state index is 13.5. The largest absolute Gasteiger partial charge is 0.345 e. The minimum absolute atomic E-state index is 0.0192. The lowest BCUT2D eigenvalue weighted by Crippen LogP contribution is -2.06. The predicted molar refractivity (Wildman–Crippen MR) is 103 cm³/mol. The first-order valence-corrected chi connectivity index (χ1v) is 9.05. The van der Waals surface area contributed by atoms with Gasteiger partial charge in [-0.15, -0.1) is 0 Å². The second kappa shape index (κ2) is 8.65. The SMILES string of the molecule is CC.Cc1nc(C(c2ccc(F)c(Cl)c2)c2ccc(F)c(Cl)c2)[nH]c1C. The van der Waals surface area contributed by atoms with E-state index >= 15 is 0 Å². The maximum atomic E-state index is 13.5. The topological polar surface area (TPSA) is 28.7 Å². The van der Waals surface area contributed by atoms with Crippen LogP contribution in [0.1, 0.15) is 48.1 Å². The van der Waals surface area contributed by atoms with Gasteiger partial charge in [-0.2, -0.15) is 0 Å². The summed E-state index contributed by atoms with van der Waals surface area (Å²) in [5.74, 6) is -0.699. The van der Waals surface area contributed by atoms with Crippen molar-refractivity contribution in [2.45, 2.75) is 33.6 Å². The molecule has 2 aromatic carbocycles. The van der Waals surface area contributed by atoms with Gasteiger partial charge in [-0.25, -0.2) is 13.8 Å². The van der Waals surface area contributed by atoms with Crippen LogP contribution in [0.25, 0.3) is 0 Å². The molecule has 0 aliphatic rings. The van der Waals surface area contributed by atoms with E-state index in [9.17, 15) is 8.78 Å². The van der Waals surface area contributed by atoms with Gasteiger partial charge >= 0.3 is 0 Å². The zero-order chi connectivity index (χ0) is 19.4. The number of aromatic nitrogens is 2. The minimum Gasteiger partial charge on any atom is -0.345 e. The fourth-order valence-electron chi connectivity index (χ4n) is 2.60. The van der Waals surface area contributed by atoms with Gasteiger partial charge in [-0.1, -0.05) is 49.2 Å². The Balaban J connectivity index is 0.00000117. The van der Waals surface area contributed by atoms with E-state index in [-0.39, 0.29) is 16.0 Å². The lowest BCUT2D eigenvalue weighted by Gasteiger charge is -2.17. The molecule has 0 aliphatic heterocycles. The summed E-state index contributed by atoms with van der Waals surface area (Å²) in [5, 5.41) is 0.0383. The number of halogens is 4. The van der Waals surface area contributed by atoms with E-state index < -0.39 is 11.6 Å². The van der Waals surface area contributed by atoms with Crippen LogP contribution in [0.5, 0.6) is 0 Å². The van der Waals surface area contributed by atoms with Gasteiger partial charge in [0.2, 0.25) is 0 Å². The molecule has 1 heterocycles. The number of hydrogen-bond acceptors (Lipinski definition) is 1. The number of H-pyrrole nitrogens is 1. The molecule has 0 saturated heterocycles. The van der Waals surface area contributed by atoms with Crippen LogP contribution in [-0.4, -0.2) is 9.97 Å². The van der Waals surface area contributed by atoms with E-state index in [0.29, 0.717) is 5.82 Å². The van der Waals surface area contributed by atoms with E-state index in [4.69, 9.17) is 23.2 Å². The summed E-state index contributed by atoms with van der Waals surface area (Å²) in [6.07, 6.45) is 0. The van der Waals surface area contributed by atoms with Crippen LogP contribution in [0.2, 0.25) is 10.0 Å². The standard InChI is InChI=1S/C18H14Cl2F2N2.C2H6/c1-9-10(2)24-18(23-9)17(11-3-5-15(21)13(19)7-11)12-4-6-16(22)14(20)8-12;1-2/h3-8,17H,1-2H3,(H,23,24);1-2H3. The summed E-state index contributed by atoms with van der Waals surface area (Å²) in [7, 11) is 0. The number of nitrogens with one attached hydrogen (secondary N) is 1. The Kier molecular flexibility index (Phi) is 6.79. The van der Waals surface area contributed by atoms with Crippen LogP contribution in [0.15, 0.2) is 36.4 Å². The summed E-state index contributed by atoms with van der Waals surface area (Å²) in [5.41, 5.74) is 3.25. The van der Waals surface area contributed by atoms with E-state index in [0.717, 1.165) is 22.5 Å². The van der Waals surface area contributed by atoms with Crippen LogP contribution in [0.3, 0.4) is 0 Å². The van der Waals surface area contributed by atoms with Gasteiger partial charge in [0.15, 0.2) is 0 Å². The Morgan fingerprint density at radius 3 is 1.69 bits per heavy atom. The van der Waals surface area contributed by atoms with Crippen LogP contribution >= 0.6 is 23.2 Å². The van der Waals surface area contributed by atoms with Crippen LogP contribution in [-0.2, 0) is 0 Å². The van der Waals surface area contributed by atoms with E-state index in [2.05, 4.69) is 9.97 Å². The lowest BCUT2D eigenvalue weighted by atomic mass is 9.90. The number of rotatable bonds is 3. The third kappa shape index (κ3) is 4.25. The van der Waals surface area contributed by atoms with Crippen molar-refractivity contribution in [1.29, 1.82) is 0 Å². The summed E-state index contributed by atoms with van der Waals surface area (Å²) in [6.45, 7) is 7.81. The fraction of sp³-hybridized carbons (Fsp3) is 0.250. The molecule has 1 aromatic heterocycles. The molecule has 0 amide bonds. The van der Waals surface area contributed by atoms with Crippen molar-refractivity contribution in [2.24, 2.45) is 0 Å². The number of imidazole rings is 1. The molecule has 0 fully saturated rings. The quantitative estimate of drug-likeness (QED) is 0.516. The second-order valence-corrected chi connectivity index (χ2v) is 6.43. The highest BCUT2D eigenvalue weighted by Crippen LogP contribution is 2.34. The van der Waals surface area contributed by atoms with E-state index in [1.54, 1.807) is 24.3 Å². The van der Waals surface area contributed by atoms with Gasteiger partial charge in [-0.05, 0) is 49.2 Å². The average Bonchev–Trinajstić information content (AvgIpc) is 2.95. The smallest absolute Gasteiger partial charge is 0.141 e. The maximum Gasteiger partial charge on any atom is 0.141 e. The third-order valence-electron chi connectivity index (χ3n) is 3.97. The molecule has 0 aliphatic carbocycles. The lowest BCUT2D eigenvalue weighted by molar-refractivity contribution is 0.626. The van der Waals surface area contributed by atoms with Crippen LogP contribution in [0.4, 0.5) is 8.78 Å². The molecular weight excluding hydrogens is 377 g/mol. The first-order valence-electron chi connectivity index (χ1n) is 8.30. The van der Waals surface area contributed by atoms with Crippen molar-refractivity contribution < 1.29 is 8.78 Å². The minimum atomic E-state index is -0.497. The van der Waals surface area contributed by atoms with Crippen molar-refractivity contribution in [3.05, 3.63) is 86.4 Å². The summed E-state index contributed by atoms with van der Waals surface area (Å²) < 4.78 is 27.1. The Bertz CT molecular complexity index is 836. The van der Waals surface area contributed by atoms with Crippen LogP contribution < -0.4 is 0 Å². The first kappa shape index (κ1) is 20.4. The molecule has 6 heteroatoms. The number of hydrogen-bond donors (Lipinski definition) is 1. The van der Waals surface area contributed by atoms with Crippen molar-refractivity contribution in [1.82, 2.24) is 9.97 Å². The Labute approximate surface area is 162 Å². The first-order chi connectivity index (χ1) is 12.4. The highest BCUT2D eigenvalue weighted by molar-refractivity contribution is 6.31. The van der Waals surface area contributed by atoms with Crippen molar-refractivity contribution in [2.75, 3.05) is 0 Å².